The Morgan fingerprint density at radius 3 is 2.48 bits per heavy atom. The lowest BCUT2D eigenvalue weighted by Gasteiger charge is -2.46. The number of pyridine rings is 1. The van der Waals surface area contributed by atoms with E-state index in [4.69, 9.17) is 27.9 Å². The van der Waals surface area contributed by atoms with Gasteiger partial charge in [-0.15, -0.1) is 12.6 Å². The number of carbonyl (C=O) groups is 1. The maximum atomic E-state index is 12.6. The molecular weight excluding hydrogens is 425 g/mol. The Labute approximate surface area is 187 Å². The third kappa shape index (κ3) is 4.21. The summed E-state index contributed by atoms with van der Waals surface area (Å²) in [7, 11) is 1.62. The number of hydrogen-bond acceptors (Lipinski definition) is 3. The van der Waals surface area contributed by atoms with Crippen LogP contribution in [-0.4, -0.2) is 17.2 Å². The summed E-state index contributed by atoms with van der Waals surface area (Å²) in [4.78, 5) is 17.2. The van der Waals surface area contributed by atoms with Crippen LogP contribution in [0.1, 0.15) is 43.9 Å². The zero-order chi connectivity index (χ0) is 21.3. The summed E-state index contributed by atoms with van der Waals surface area (Å²) in [5.41, 5.74) is 1.15. The first-order chi connectivity index (χ1) is 13.7. The van der Waals surface area contributed by atoms with Gasteiger partial charge in [0.2, 0.25) is 0 Å². The van der Waals surface area contributed by atoms with Crippen LogP contribution < -0.4 is 4.74 Å². The van der Waals surface area contributed by atoms with E-state index in [2.05, 4.69) is 37.5 Å². The molecule has 1 aromatic heterocycles. The van der Waals surface area contributed by atoms with Crippen LogP contribution in [0.25, 0.3) is 0 Å². The highest BCUT2D eigenvalue weighted by atomic mass is 35.5. The first-order valence-electron chi connectivity index (χ1n) is 9.56. The summed E-state index contributed by atoms with van der Waals surface area (Å²) in [6.45, 7) is 6.22. The van der Waals surface area contributed by atoms with E-state index < -0.39 is 5.41 Å². The predicted molar refractivity (Wildman–Crippen MR) is 122 cm³/mol. The highest BCUT2D eigenvalue weighted by Crippen LogP contribution is 2.55. The maximum Gasteiger partial charge on any atom is 0.195 e. The molecule has 0 N–H and O–H groups in total. The van der Waals surface area contributed by atoms with E-state index in [9.17, 15) is 4.79 Å². The van der Waals surface area contributed by atoms with Crippen molar-refractivity contribution < 1.29 is 9.53 Å². The molecule has 0 amide bonds. The van der Waals surface area contributed by atoms with E-state index in [0.717, 1.165) is 11.3 Å². The molecule has 29 heavy (non-hydrogen) atoms. The molecule has 6 heteroatoms. The summed E-state index contributed by atoms with van der Waals surface area (Å²) < 4.78 is 5.30. The second kappa shape index (κ2) is 8.71. The smallest absolute Gasteiger partial charge is 0.195 e. The Kier molecular flexibility index (Phi) is 6.67. The summed E-state index contributed by atoms with van der Waals surface area (Å²) in [5.74, 6) is 0.785. The molecule has 0 saturated carbocycles. The lowest BCUT2D eigenvalue weighted by atomic mass is 9.57. The second-order valence-electron chi connectivity index (χ2n) is 8.06. The van der Waals surface area contributed by atoms with Crippen LogP contribution in [0.2, 0.25) is 10.0 Å². The summed E-state index contributed by atoms with van der Waals surface area (Å²) in [5, 5.41) is 1.06. The van der Waals surface area contributed by atoms with Gasteiger partial charge in [0.1, 0.15) is 5.75 Å². The van der Waals surface area contributed by atoms with Gasteiger partial charge < -0.3 is 4.74 Å². The van der Waals surface area contributed by atoms with E-state index in [1.54, 1.807) is 13.3 Å². The first kappa shape index (κ1) is 22.2. The Morgan fingerprint density at radius 2 is 1.97 bits per heavy atom. The fourth-order valence-electron chi connectivity index (χ4n) is 4.61. The van der Waals surface area contributed by atoms with E-state index in [1.165, 1.54) is 0 Å². The molecule has 4 unspecified atom stereocenters. The number of methoxy groups -OCH3 is 1. The van der Waals surface area contributed by atoms with Gasteiger partial charge in [-0.2, -0.15) is 0 Å². The molecule has 0 fully saturated rings. The zero-order valence-electron chi connectivity index (χ0n) is 16.9. The quantitative estimate of drug-likeness (QED) is 0.414. The van der Waals surface area contributed by atoms with E-state index >= 15 is 0 Å². The lowest BCUT2D eigenvalue weighted by Crippen LogP contribution is -2.43. The van der Waals surface area contributed by atoms with Gasteiger partial charge in [-0.05, 0) is 48.6 Å². The third-order valence-electron chi connectivity index (χ3n) is 5.95. The van der Waals surface area contributed by atoms with Gasteiger partial charge in [0.05, 0.1) is 17.5 Å². The molecule has 0 bridgehead atoms. The summed E-state index contributed by atoms with van der Waals surface area (Å²) >= 11 is 17.0. The van der Waals surface area contributed by atoms with Crippen molar-refractivity contribution in [2.75, 3.05) is 7.11 Å². The monoisotopic (exact) mass is 449 g/mol. The van der Waals surface area contributed by atoms with Gasteiger partial charge in [-0.3, -0.25) is 9.78 Å². The summed E-state index contributed by atoms with van der Waals surface area (Å²) in [6.07, 6.45) is 5.71. The molecule has 1 aliphatic carbocycles. The minimum atomic E-state index is -0.710. The highest BCUT2D eigenvalue weighted by Gasteiger charge is 2.49. The van der Waals surface area contributed by atoms with Crippen LogP contribution in [0, 0.1) is 17.3 Å². The number of aromatic nitrogens is 1. The number of benzene rings is 1. The van der Waals surface area contributed by atoms with Crippen molar-refractivity contribution in [2.24, 2.45) is 17.3 Å². The van der Waals surface area contributed by atoms with Gasteiger partial charge in [0.15, 0.2) is 5.12 Å². The topological polar surface area (TPSA) is 39.2 Å². The number of halogens is 2. The Hall–Kier alpha value is -1.49. The molecule has 3 rings (SSSR count). The largest absolute Gasteiger partial charge is 0.497 e. The minimum Gasteiger partial charge on any atom is -0.497 e. The van der Waals surface area contributed by atoms with Crippen molar-refractivity contribution in [3.63, 3.8) is 0 Å². The number of ether oxygens (including phenoxy) is 1. The number of rotatable bonds is 5. The van der Waals surface area contributed by atoms with Crippen molar-refractivity contribution >= 4 is 40.9 Å². The fourth-order valence-corrected chi connectivity index (χ4v) is 5.24. The number of allylic oxidation sites excluding steroid dienone is 2. The van der Waals surface area contributed by atoms with Crippen molar-refractivity contribution in [3.05, 3.63) is 70.0 Å². The van der Waals surface area contributed by atoms with Crippen molar-refractivity contribution in [1.29, 1.82) is 0 Å². The highest BCUT2D eigenvalue weighted by molar-refractivity contribution is 7.96. The van der Waals surface area contributed by atoms with Gasteiger partial charge in [0.25, 0.3) is 0 Å². The normalized spacial score (nSPS) is 26.6. The number of carbonyl (C=O) groups excluding carboxylic acids is 1. The zero-order valence-corrected chi connectivity index (χ0v) is 19.3. The maximum absolute atomic E-state index is 12.6. The van der Waals surface area contributed by atoms with E-state index in [0.29, 0.717) is 15.8 Å². The van der Waals surface area contributed by atoms with Crippen LogP contribution in [0.3, 0.4) is 0 Å². The predicted octanol–water partition coefficient (Wildman–Crippen LogP) is 6.57. The van der Waals surface area contributed by atoms with Crippen molar-refractivity contribution in [2.45, 2.75) is 32.6 Å². The molecule has 4 atom stereocenters. The SMILES string of the molecule is COc1ccc(C2C=CC(C)(C(=O)S)C(C(C)C)C2c2ccc(Cl)cn2)c(Cl)c1. The Bertz CT molecular complexity index is 929. The van der Waals surface area contributed by atoms with Gasteiger partial charge in [0, 0.05) is 28.7 Å². The van der Waals surface area contributed by atoms with Gasteiger partial charge in [-0.1, -0.05) is 55.3 Å². The molecule has 2 aromatic rings. The van der Waals surface area contributed by atoms with Crippen LogP contribution >= 0.6 is 35.8 Å². The van der Waals surface area contributed by atoms with Gasteiger partial charge >= 0.3 is 0 Å². The van der Waals surface area contributed by atoms with Crippen LogP contribution in [-0.2, 0) is 4.79 Å². The Balaban J connectivity index is 2.22. The number of hydrogen-bond donors (Lipinski definition) is 1. The molecule has 0 spiro atoms. The van der Waals surface area contributed by atoms with Crippen LogP contribution in [0.15, 0.2) is 48.7 Å². The lowest BCUT2D eigenvalue weighted by molar-refractivity contribution is -0.120. The average Bonchev–Trinajstić information content (AvgIpc) is 2.68. The second-order valence-corrected chi connectivity index (χ2v) is 9.31. The molecule has 0 radical (unpaired) electrons. The number of nitrogens with zero attached hydrogens (tertiary/aromatic N) is 1. The molecule has 0 saturated heterocycles. The molecule has 1 aromatic carbocycles. The van der Waals surface area contributed by atoms with E-state index in [-0.39, 0.29) is 28.8 Å². The average molecular weight is 450 g/mol. The van der Waals surface area contributed by atoms with Crippen molar-refractivity contribution in [1.82, 2.24) is 4.98 Å². The molecule has 0 aliphatic heterocycles. The standard InChI is InChI=1S/C23H25Cl2NO2S/c1-13(2)21-20(19-8-5-14(24)12-26-19)17(9-10-23(21,3)22(27)29)16-7-6-15(28-4)11-18(16)25/h5-13,17,20-21H,1-4H3,(H,27,29). The molecular formula is C23H25Cl2NO2S. The fraction of sp³-hybridized carbons (Fsp3) is 0.391. The molecule has 154 valence electrons. The van der Waals surface area contributed by atoms with Crippen LogP contribution in [0.5, 0.6) is 5.75 Å². The van der Waals surface area contributed by atoms with E-state index in [1.807, 2.05) is 43.3 Å². The number of thiol groups is 1. The Morgan fingerprint density at radius 1 is 1.24 bits per heavy atom. The first-order valence-corrected chi connectivity index (χ1v) is 10.8. The minimum absolute atomic E-state index is 0.0191. The van der Waals surface area contributed by atoms with Crippen molar-refractivity contribution in [3.8, 4) is 5.75 Å². The third-order valence-corrected chi connectivity index (χ3v) is 6.99. The van der Waals surface area contributed by atoms with Gasteiger partial charge in [-0.25, -0.2) is 0 Å². The van der Waals surface area contributed by atoms with Crippen LogP contribution in [0.4, 0.5) is 0 Å². The summed E-state index contributed by atoms with van der Waals surface area (Å²) in [6, 6.07) is 9.49. The molecule has 1 heterocycles. The molecule has 1 aliphatic rings. The molecule has 3 nitrogen and oxygen atoms in total.